The molecule has 3 rings (SSSR count). The molecule has 1 amide bonds. The maximum atomic E-state index is 12.1. The van der Waals surface area contributed by atoms with E-state index in [1.54, 1.807) is 23.7 Å². The molecule has 5 nitrogen and oxygen atoms in total. The first kappa shape index (κ1) is 19.0. The van der Waals surface area contributed by atoms with E-state index in [0.717, 1.165) is 48.7 Å². The molecule has 1 fully saturated rings. The van der Waals surface area contributed by atoms with Gasteiger partial charge in [-0.1, -0.05) is 6.92 Å². The van der Waals surface area contributed by atoms with Gasteiger partial charge in [-0.3, -0.25) is 9.78 Å². The van der Waals surface area contributed by atoms with E-state index in [2.05, 4.69) is 32.9 Å². The van der Waals surface area contributed by atoms with Crippen LogP contribution in [0.2, 0.25) is 0 Å². The van der Waals surface area contributed by atoms with E-state index >= 15 is 0 Å². The zero-order chi connectivity index (χ0) is 18.2. The maximum Gasteiger partial charge on any atom is 0.220 e. The number of carbonyl (C=O) groups excluding carboxylic acids is 1. The first-order valence-corrected chi connectivity index (χ1v) is 10.4. The lowest BCUT2D eigenvalue weighted by molar-refractivity contribution is -0.122. The Balaban J connectivity index is 1.35. The lowest BCUT2D eigenvalue weighted by Crippen LogP contribution is -2.35. The molecule has 2 atom stereocenters. The number of thiazole rings is 1. The van der Waals surface area contributed by atoms with Gasteiger partial charge in [0.25, 0.3) is 0 Å². The first-order valence-electron chi connectivity index (χ1n) is 9.54. The van der Waals surface area contributed by atoms with Crippen molar-refractivity contribution in [3.63, 3.8) is 0 Å². The molecule has 26 heavy (non-hydrogen) atoms. The average Bonchev–Trinajstić information content (AvgIpc) is 3.15. The fraction of sp³-hybridized carbons (Fsp3) is 0.550. The Morgan fingerprint density at radius 3 is 3.04 bits per heavy atom. The number of hydrogen-bond acceptors (Lipinski definition) is 5. The molecule has 0 saturated carbocycles. The molecule has 2 N–H and O–H groups in total. The van der Waals surface area contributed by atoms with Crippen molar-refractivity contribution in [1.29, 1.82) is 0 Å². The van der Waals surface area contributed by atoms with Crippen molar-refractivity contribution in [2.24, 2.45) is 11.8 Å². The van der Waals surface area contributed by atoms with Crippen LogP contribution in [-0.2, 0) is 11.2 Å². The SMILES string of the molecule is CC(CC(=O)NCCCc1nc(-c2ccncc2)cs1)C1CCCNC1. The molecule has 1 aliphatic rings. The zero-order valence-electron chi connectivity index (χ0n) is 15.4. The largest absolute Gasteiger partial charge is 0.356 e. The van der Waals surface area contributed by atoms with E-state index in [9.17, 15) is 4.79 Å². The highest BCUT2D eigenvalue weighted by Crippen LogP contribution is 2.23. The average molecular weight is 373 g/mol. The molecule has 1 saturated heterocycles. The van der Waals surface area contributed by atoms with Crippen LogP contribution in [0.4, 0.5) is 0 Å². The number of pyridine rings is 1. The van der Waals surface area contributed by atoms with Crippen molar-refractivity contribution < 1.29 is 4.79 Å². The Bertz CT molecular complexity index is 682. The van der Waals surface area contributed by atoms with E-state index in [0.29, 0.717) is 18.3 Å². The van der Waals surface area contributed by atoms with Crippen molar-refractivity contribution in [1.82, 2.24) is 20.6 Å². The molecule has 1 aliphatic heterocycles. The number of nitrogens with zero attached hydrogens (tertiary/aromatic N) is 2. The van der Waals surface area contributed by atoms with Gasteiger partial charge in [0.2, 0.25) is 5.91 Å². The predicted octanol–water partition coefficient (Wildman–Crippen LogP) is 3.28. The molecule has 0 bridgehead atoms. The number of carbonyl (C=O) groups is 1. The summed E-state index contributed by atoms with van der Waals surface area (Å²) in [4.78, 5) is 20.9. The molecule has 0 spiro atoms. The number of nitrogens with one attached hydrogen (secondary N) is 2. The molecule has 0 aliphatic carbocycles. The Kier molecular flexibility index (Phi) is 7.14. The normalized spacial score (nSPS) is 18.4. The molecule has 6 heteroatoms. The Morgan fingerprint density at radius 1 is 1.42 bits per heavy atom. The van der Waals surface area contributed by atoms with Crippen molar-refractivity contribution >= 4 is 17.2 Å². The second kappa shape index (κ2) is 9.78. The van der Waals surface area contributed by atoms with Gasteiger partial charge < -0.3 is 10.6 Å². The molecule has 2 aromatic rings. The standard InChI is InChI=1S/C20H28N4OS/c1-15(17-4-2-8-22-13-17)12-19(25)23-9-3-5-20-24-18(14-26-20)16-6-10-21-11-7-16/h6-7,10-11,14-15,17,22H,2-5,8-9,12-13H2,1H3,(H,23,25). The third-order valence-corrected chi connectivity index (χ3v) is 5.97. The maximum absolute atomic E-state index is 12.1. The van der Waals surface area contributed by atoms with Crippen LogP contribution in [0.25, 0.3) is 11.3 Å². The molecule has 0 radical (unpaired) electrons. The van der Waals surface area contributed by atoms with Crippen molar-refractivity contribution in [2.45, 2.75) is 39.0 Å². The summed E-state index contributed by atoms with van der Waals surface area (Å²) >= 11 is 1.68. The summed E-state index contributed by atoms with van der Waals surface area (Å²) < 4.78 is 0. The van der Waals surface area contributed by atoms with Crippen molar-refractivity contribution in [3.05, 3.63) is 34.9 Å². The first-order chi connectivity index (χ1) is 12.7. The van der Waals surface area contributed by atoms with Gasteiger partial charge in [-0.25, -0.2) is 4.98 Å². The fourth-order valence-corrected chi connectivity index (χ4v) is 4.29. The molecular weight excluding hydrogens is 344 g/mol. The highest BCUT2D eigenvalue weighted by molar-refractivity contribution is 7.09. The molecule has 2 unspecified atom stereocenters. The molecule has 2 aromatic heterocycles. The Hall–Kier alpha value is -1.79. The van der Waals surface area contributed by atoms with Crippen LogP contribution in [0.15, 0.2) is 29.9 Å². The van der Waals surface area contributed by atoms with Gasteiger partial charge in [0.05, 0.1) is 10.7 Å². The lowest BCUT2D eigenvalue weighted by atomic mass is 9.85. The summed E-state index contributed by atoms with van der Waals surface area (Å²) in [6.07, 6.45) is 8.50. The Morgan fingerprint density at radius 2 is 2.27 bits per heavy atom. The second-order valence-electron chi connectivity index (χ2n) is 7.10. The number of aryl methyl sites for hydroxylation is 1. The van der Waals surface area contributed by atoms with Crippen LogP contribution in [-0.4, -0.2) is 35.5 Å². The van der Waals surface area contributed by atoms with E-state index in [4.69, 9.17) is 0 Å². The number of rotatable bonds is 8. The minimum atomic E-state index is 0.180. The van der Waals surface area contributed by atoms with Crippen LogP contribution in [0.3, 0.4) is 0 Å². The van der Waals surface area contributed by atoms with Gasteiger partial charge >= 0.3 is 0 Å². The highest BCUT2D eigenvalue weighted by atomic mass is 32.1. The zero-order valence-corrected chi connectivity index (χ0v) is 16.2. The number of aromatic nitrogens is 2. The molecule has 140 valence electrons. The number of amides is 1. The summed E-state index contributed by atoms with van der Waals surface area (Å²) in [6, 6.07) is 3.95. The topological polar surface area (TPSA) is 66.9 Å². The summed E-state index contributed by atoms with van der Waals surface area (Å²) in [7, 11) is 0. The third-order valence-electron chi connectivity index (χ3n) is 5.06. The van der Waals surface area contributed by atoms with Crippen LogP contribution in [0.5, 0.6) is 0 Å². The summed E-state index contributed by atoms with van der Waals surface area (Å²) in [6.45, 7) is 5.10. The van der Waals surface area contributed by atoms with E-state index in [1.165, 1.54) is 12.8 Å². The van der Waals surface area contributed by atoms with Gasteiger partial charge in [0, 0.05) is 42.7 Å². The van der Waals surface area contributed by atoms with Crippen LogP contribution in [0.1, 0.15) is 37.6 Å². The smallest absolute Gasteiger partial charge is 0.220 e. The lowest BCUT2D eigenvalue weighted by Gasteiger charge is -2.28. The molecule has 3 heterocycles. The minimum Gasteiger partial charge on any atom is -0.356 e. The van der Waals surface area contributed by atoms with Crippen LogP contribution in [0, 0.1) is 11.8 Å². The van der Waals surface area contributed by atoms with Gasteiger partial charge in [0.1, 0.15) is 0 Å². The van der Waals surface area contributed by atoms with Crippen molar-refractivity contribution in [3.8, 4) is 11.3 Å². The van der Waals surface area contributed by atoms with Gasteiger partial charge in [0.15, 0.2) is 0 Å². The monoisotopic (exact) mass is 372 g/mol. The van der Waals surface area contributed by atoms with E-state index in [-0.39, 0.29) is 5.91 Å². The fourth-order valence-electron chi connectivity index (χ4n) is 3.44. The quantitative estimate of drug-likeness (QED) is 0.698. The Labute approximate surface area is 159 Å². The number of piperidine rings is 1. The minimum absolute atomic E-state index is 0.180. The third kappa shape index (κ3) is 5.61. The van der Waals surface area contributed by atoms with Gasteiger partial charge in [-0.2, -0.15) is 0 Å². The highest BCUT2D eigenvalue weighted by Gasteiger charge is 2.21. The summed E-state index contributed by atoms with van der Waals surface area (Å²) in [5, 5.41) is 9.71. The van der Waals surface area contributed by atoms with Crippen molar-refractivity contribution in [2.75, 3.05) is 19.6 Å². The van der Waals surface area contributed by atoms with E-state index < -0.39 is 0 Å². The summed E-state index contributed by atoms with van der Waals surface area (Å²) in [5.74, 6) is 1.26. The molecule has 0 aromatic carbocycles. The molecular formula is C20H28N4OS. The van der Waals surface area contributed by atoms with Crippen LogP contribution >= 0.6 is 11.3 Å². The van der Waals surface area contributed by atoms with E-state index in [1.807, 2.05) is 12.1 Å². The summed E-state index contributed by atoms with van der Waals surface area (Å²) in [5.41, 5.74) is 2.10. The predicted molar refractivity (Wildman–Crippen MR) is 106 cm³/mol. The van der Waals surface area contributed by atoms with Crippen LogP contribution < -0.4 is 10.6 Å². The number of hydrogen-bond donors (Lipinski definition) is 2. The second-order valence-corrected chi connectivity index (χ2v) is 8.05. The van der Waals surface area contributed by atoms with Gasteiger partial charge in [-0.05, 0) is 56.3 Å². The van der Waals surface area contributed by atoms with Gasteiger partial charge in [-0.15, -0.1) is 11.3 Å².